The van der Waals surface area contributed by atoms with Crippen LogP contribution in [0.5, 0.6) is 0 Å². The summed E-state index contributed by atoms with van der Waals surface area (Å²) in [5.41, 5.74) is 11.0. The van der Waals surface area contributed by atoms with Crippen molar-refractivity contribution in [3.05, 3.63) is 170 Å². The van der Waals surface area contributed by atoms with Crippen molar-refractivity contribution in [2.45, 2.75) is 0 Å². The average molecular weight is 613 g/mol. The molecule has 0 unspecified atom stereocenters. The van der Waals surface area contributed by atoms with Gasteiger partial charge in [0.25, 0.3) is 0 Å². The molecular formula is C44H28N4. The van der Waals surface area contributed by atoms with Crippen molar-refractivity contribution in [2.24, 2.45) is 0 Å². The third kappa shape index (κ3) is 3.96. The molecule has 3 aromatic heterocycles. The van der Waals surface area contributed by atoms with Gasteiger partial charge < -0.3 is 9.13 Å². The Labute approximate surface area is 276 Å². The molecule has 0 aliphatic rings. The molecule has 0 aliphatic carbocycles. The zero-order chi connectivity index (χ0) is 31.6. The van der Waals surface area contributed by atoms with Crippen LogP contribution in [-0.4, -0.2) is 19.1 Å². The standard InChI is InChI=1S/C44H28N4/c1-3-13-30(14-4-1)44-45-37-20-10-7-18-35(37)42(46-44)29-23-25-32(26-24-29)48-38-21-11-8-17-33(38)34-27-28-40-41(43(34)48)36-19-9-12-22-39(36)47(40)31-15-5-2-6-16-31/h1-28H. The van der Waals surface area contributed by atoms with Crippen LogP contribution in [0.15, 0.2) is 170 Å². The van der Waals surface area contributed by atoms with Crippen LogP contribution >= 0.6 is 0 Å². The first kappa shape index (κ1) is 26.7. The Morgan fingerprint density at radius 1 is 0.354 bits per heavy atom. The van der Waals surface area contributed by atoms with E-state index in [9.17, 15) is 0 Å². The Morgan fingerprint density at radius 2 is 0.958 bits per heavy atom. The fraction of sp³-hybridized carbons (Fsp3) is 0. The van der Waals surface area contributed by atoms with Crippen molar-refractivity contribution < 1.29 is 0 Å². The van der Waals surface area contributed by atoms with E-state index in [0.717, 1.165) is 44.9 Å². The lowest BCUT2D eigenvalue weighted by Crippen LogP contribution is -1.97. The highest BCUT2D eigenvalue weighted by atomic mass is 15.0. The van der Waals surface area contributed by atoms with E-state index in [4.69, 9.17) is 9.97 Å². The molecule has 4 heteroatoms. The van der Waals surface area contributed by atoms with Crippen molar-refractivity contribution in [3.8, 4) is 34.0 Å². The summed E-state index contributed by atoms with van der Waals surface area (Å²) in [6.07, 6.45) is 0. The van der Waals surface area contributed by atoms with Gasteiger partial charge in [-0.2, -0.15) is 0 Å². The van der Waals surface area contributed by atoms with Crippen molar-refractivity contribution in [1.29, 1.82) is 0 Å². The summed E-state index contributed by atoms with van der Waals surface area (Å²) in [7, 11) is 0. The molecule has 0 spiro atoms. The summed E-state index contributed by atoms with van der Waals surface area (Å²) in [6.45, 7) is 0. The van der Waals surface area contributed by atoms with E-state index < -0.39 is 0 Å². The van der Waals surface area contributed by atoms with Gasteiger partial charge in [-0.25, -0.2) is 9.97 Å². The van der Waals surface area contributed by atoms with Gasteiger partial charge in [0.15, 0.2) is 5.82 Å². The Balaban J connectivity index is 1.23. The van der Waals surface area contributed by atoms with Crippen molar-refractivity contribution >= 4 is 54.5 Å². The Morgan fingerprint density at radius 3 is 1.73 bits per heavy atom. The van der Waals surface area contributed by atoms with Gasteiger partial charge in [0, 0.05) is 49.4 Å². The molecule has 7 aromatic carbocycles. The minimum atomic E-state index is 0.730. The summed E-state index contributed by atoms with van der Waals surface area (Å²) < 4.78 is 4.83. The van der Waals surface area contributed by atoms with Gasteiger partial charge in [-0.1, -0.05) is 121 Å². The molecule has 0 aliphatic heterocycles. The van der Waals surface area contributed by atoms with Crippen LogP contribution in [-0.2, 0) is 0 Å². The number of para-hydroxylation sites is 4. The molecule has 0 fully saturated rings. The summed E-state index contributed by atoms with van der Waals surface area (Å²) >= 11 is 0. The SMILES string of the molecule is c1ccc(-c2nc(-c3ccc(-n4c5ccccc5c5ccc6c(c7ccccc7n6-c6ccccc6)c54)cc3)c3ccccc3n2)cc1. The molecular weight excluding hydrogens is 585 g/mol. The lowest BCUT2D eigenvalue weighted by Gasteiger charge is -2.12. The molecule has 0 N–H and O–H groups in total. The summed E-state index contributed by atoms with van der Waals surface area (Å²) in [5.74, 6) is 0.730. The molecule has 0 radical (unpaired) electrons. The fourth-order valence-electron chi connectivity index (χ4n) is 7.41. The summed E-state index contributed by atoms with van der Waals surface area (Å²) in [6, 6.07) is 60.1. The number of benzene rings is 7. The largest absolute Gasteiger partial charge is 0.309 e. The quantitative estimate of drug-likeness (QED) is 0.198. The molecule has 4 nitrogen and oxygen atoms in total. The maximum Gasteiger partial charge on any atom is 0.160 e. The molecule has 0 saturated heterocycles. The first-order valence-corrected chi connectivity index (χ1v) is 16.3. The monoisotopic (exact) mass is 612 g/mol. The zero-order valence-electron chi connectivity index (χ0n) is 26.0. The minimum Gasteiger partial charge on any atom is -0.309 e. The lowest BCUT2D eigenvalue weighted by molar-refractivity contribution is 1.17. The van der Waals surface area contributed by atoms with Crippen LogP contribution in [0.1, 0.15) is 0 Å². The average Bonchev–Trinajstić information content (AvgIpc) is 3.68. The van der Waals surface area contributed by atoms with E-state index in [1.54, 1.807) is 0 Å². The number of nitrogens with zero attached hydrogens (tertiary/aromatic N) is 4. The molecule has 0 bridgehead atoms. The zero-order valence-corrected chi connectivity index (χ0v) is 26.0. The van der Waals surface area contributed by atoms with Crippen LogP contribution in [0, 0.1) is 0 Å². The van der Waals surface area contributed by atoms with Gasteiger partial charge in [0.05, 0.1) is 33.3 Å². The first-order chi connectivity index (χ1) is 23.8. The molecule has 3 heterocycles. The van der Waals surface area contributed by atoms with Gasteiger partial charge >= 0.3 is 0 Å². The van der Waals surface area contributed by atoms with Gasteiger partial charge in [-0.05, 0) is 48.5 Å². The topological polar surface area (TPSA) is 35.6 Å². The van der Waals surface area contributed by atoms with E-state index in [-0.39, 0.29) is 0 Å². The van der Waals surface area contributed by atoms with Gasteiger partial charge in [-0.15, -0.1) is 0 Å². The summed E-state index contributed by atoms with van der Waals surface area (Å²) in [4.78, 5) is 10.0. The smallest absolute Gasteiger partial charge is 0.160 e. The van der Waals surface area contributed by atoms with E-state index in [1.807, 2.05) is 24.3 Å². The molecule has 0 saturated carbocycles. The Hall–Kier alpha value is -6.52. The summed E-state index contributed by atoms with van der Waals surface area (Å²) in [5, 5.41) is 6.01. The Kier molecular flexibility index (Phi) is 5.84. The van der Waals surface area contributed by atoms with Gasteiger partial charge in [-0.3, -0.25) is 0 Å². The van der Waals surface area contributed by atoms with Gasteiger partial charge in [0.1, 0.15) is 0 Å². The fourth-order valence-corrected chi connectivity index (χ4v) is 7.41. The number of rotatable bonds is 4. The second-order valence-corrected chi connectivity index (χ2v) is 12.2. The second kappa shape index (κ2) is 10.5. The normalized spacial score (nSPS) is 11.8. The minimum absolute atomic E-state index is 0.730. The van der Waals surface area contributed by atoms with Crippen LogP contribution in [0.4, 0.5) is 0 Å². The predicted octanol–water partition coefficient (Wildman–Crippen LogP) is 11.2. The van der Waals surface area contributed by atoms with Crippen molar-refractivity contribution in [1.82, 2.24) is 19.1 Å². The first-order valence-electron chi connectivity index (χ1n) is 16.3. The van der Waals surface area contributed by atoms with Crippen LogP contribution < -0.4 is 0 Å². The third-order valence-corrected chi connectivity index (χ3v) is 9.52. The van der Waals surface area contributed by atoms with Crippen molar-refractivity contribution in [3.63, 3.8) is 0 Å². The highest BCUT2D eigenvalue weighted by molar-refractivity contribution is 6.26. The van der Waals surface area contributed by atoms with E-state index in [0.29, 0.717) is 0 Å². The third-order valence-electron chi connectivity index (χ3n) is 9.52. The van der Waals surface area contributed by atoms with E-state index in [2.05, 4.69) is 155 Å². The maximum absolute atomic E-state index is 5.12. The molecule has 224 valence electrons. The van der Waals surface area contributed by atoms with Gasteiger partial charge in [0.2, 0.25) is 0 Å². The van der Waals surface area contributed by atoms with Crippen molar-refractivity contribution in [2.75, 3.05) is 0 Å². The number of hydrogen-bond donors (Lipinski definition) is 0. The molecule has 10 rings (SSSR count). The molecule has 10 aromatic rings. The maximum atomic E-state index is 5.12. The lowest BCUT2D eigenvalue weighted by atomic mass is 10.0. The van der Waals surface area contributed by atoms with E-state index in [1.165, 1.54) is 43.6 Å². The molecule has 0 amide bonds. The highest BCUT2D eigenvalue weighted by Crippen LogP contribution is 2.42. The van der Waals surface area contributed by atoms with Crippen LogP contribution in [0.25, 0.3) is 88.5 Å². The number of aromatic nitrogens is 4. The molecule has 48 heavy (non-hydrogen) atoms. The number of fused-ring (bicyclic) bond motifs is 8. The predicted molar refractivity (Wildman–Crippen MR) is 199 cm³/mol. The highest BCUT2D eigenvalue weighted by Gasteiger charge is 2.21. The van der Waals surface area contributed by atoms with Crippen LogP contribution in [0.3, 0.4) is 0 Å². The molecule has 0 atom stereocenters. The van der Waals surface area contributed by atoms with Crippen LogP contribution in [0.2, 0.25) is 0 Å². The second-order valence-electron chi connectivity index (χ2n) is 12.2. The number of hydrogen-bond acceptors (Lipinski definition) is 2. The van der Waals surface area contributed by atoms with E-state index >= 15 is 0 Å². The Bertz CT molecular complexity index is 2810.